The molecule has 5 rings (SSSR count). The van der Waals surface area contributed by atoms with E-state index in [0.717, 1.165) is 59.4 Å². The zero-order valence-corrected chi connectivity index (χ0v) is 21.0. The maximum atomic E-state index is 14.4. The van der Waals surface area contributed by atoms with Crippen LogP contribution in [0.1, 0.15) is 67.6 Å². The van der Waals surface area contributed by atoms with E-state index in [9.17, 15) is 19.1 Å². The van der Waals surface area contributed by atoms with Gasteiger partial charge in [0, 0.05) is 24.1 Å². The lowest BCUT2D eigenvalue weighted by atomic mass is 9.85. The van der Waals surface area contributed by atoms with Gasteiger partial charge in [-0.3, -0.25) is 9.69 Å². The highest BCUT2D eigenvalue weighted by molar-refractivity contribution is 5.95. The summed E-state index contributed by atoms with van der Waals surface area (Å²) in [5.41, 5.74) is 4.98. The van der Waals surface area contributed by atoms with E-state index < -0.39 is 12.1 Å². The number of halogens is 1. The predicted octanol–water partition coefficient (Wildman–Crippen LogP) is 5.80. The van der Waals surface area contributed by atoms with Crippen molar-refractivity contribution in [1.82, 2.24) is 9.55 Å². The van der Waals surface area contributed by atoms with Crippen molar-refractivity contribution in [2.24, 2.45) is 5.92 Å². The first kappa shape index (κ1) is 24.3. The molecular weight excluding hydrogens is 461 g/mol. The van der Waals surface area contributed by atoms with Crippen molar-refractivity contribution in [1.29, 1.82) is 0 Å². The molecule has 1 aromatic heterocycles. The number of carboxylic acids is 1. The molecule has 1 amide bonds. The van der Waals surface area contributed by atoms with Gasteiger partial charge < -0.3 is 14.4 Å². The second kappa shape index (κ2) is 9.56. The number of benzene rings is 2. The molecule has 0 saturated heterocycles. The van der Waals surface area contributed by atoms with Gasteiger partial charge in [0.1, 0.15) is 11.6 Å². The largest absolute Gasteiger partial charge is 0.481 e. The highest BCUT2D eigenvalue weighted by atomic mass is 19.1. The number of ether oxygens (including phenoxy) is 1. The first-order valence-electron chi connectivity index (χ1n) is 12.7. The Morgan fingerprint density at radius 2 is 2.00 bits per heavy atom. The zero-order valence-electron chi connectivity index (χ0n) is 21.0. The topological polar surface area (TPSA) is 84.7 Å². The van der Waals surface area contributed by atoms with Crippen molar-refractivity contribution in [3.05, 3.63) is 58.7 Å². The molecule has 3 atom stereocenters. The molecule has 1 aliphatic carbocycles. The van der Waals surface area contributed by atoms with E-state index in [1.54, 1.807) is 24.0 Å². The minimum Gasteiger partial charge on any atom is -0.481 e. The van der Waals surface area contributed by atoms with Crippen molar-refractivity contribution >= 4 is 28.8 Å². The molecule has 1 saturated carbocycles. The molecule has 0 spiro atoms. The van der Waals surface area contributed by atoms with Crippen LogP contribution in [0.15, 0.2) is 30.3 Å². The van der Waals surface area contributed by atoms with Crippen LogP contribution in [0.2, 0.25) is 0 Å². The number of carbonyl (C=O) groups is 2. The number of carboxylic acid groups (broad SMARTS) is 1. The molecule has 3 aromatic rings. The predicted molar refractivity (Wildman–Crippen MR) is 135 cm³/mol. The number of imidazole rings is 1. The lowest BCUT2D eigenvalue weighted by Gasteiger charge is -2.34. The van der Waals surface area contributed by atoms with E-state index in [-0.39, 0.29) is 23.8 Å². The average Bonchev–Trinajstić information content (AvgIpc) is 3.23. The van der Waals surface area contributed by atoms with Crippen molar-refractivity contribution in [3.63, 3.8) is 0 Å². The number of aromatic nitrogens is 2. The number of nitrogens with zero attached hydrogens (tertiary/aromatic N) is 3. The van der Waals surface area contributed by atoms with Crippen LogP contribution in [0.3, 0.4) is 0 Å². The number of carbonyl (C=O) groups excluding carboxylic acids is 1. The Morgan fingerprint density at radius 3 is 2.72 bits per heavy atom. The summed E-state index contributed by atoms with van der Waals surface area (Å²) in [6.45, 7) is 3.75. The summed E-state index contributed by atoms with van der Waals surface area (Å²) in [4.78, 5) is 31.2. The molecule has 2 heterocycles. The summed E-state index contributed by atoms with van der Waals surface area (Å²) < 4.78 is 21.6. The fraction of sp³-hybridized carbons (Fsp3) is 0.464. The Kier molecular flexibility index (Phi) is 6.45. The van der Waals surface area contributed by atoms with E-state index in [1.807, 2.05) is 25.1 Å². The van der Waals surface area contributed by atoms with E-state index in [4.69, 9.17) is 9.72 Å². The number of aryl methyl sites for hydroxylation is 2. The van der Waals surface area contributed by atoms with Crippen LogP contribution in [-0.2, 0) is 22.4 Å². The second-order valence-corrected chi connectivity index (χ2v) is 10.2. The summed E-state index contributed by atoms with van der Waals surface area (Å²) in [6.07, 6.45) is 4.53. The molecular formula is C28H32FN3O4. The van der Waals surface area contributed by atoms with Gasteiger partial charge in [0.15, 0.2) is 0 Å². The average molecular weight is 494 g/mol. The number of aliphatic carboxylic acids is 1. The zero-order chi connectivity index (χ0) is 25.6. The van der Waals surface area contributed by atoms with Crippen LogP contribution in [-0.4, -0.2) is 39.9 Å². The molecule has 1 N–H and O–H groups in total. The van der Waals surface area contributed by atoms with E-state index >= 15 is 0 Å². The molecule has 0 unspecified atom stereocenters. The quantitative estimate of drug-likeness (QED) is 0.497. The molecule has 190 valence electrons. The lowest BCUT2D eigenvalue weighted by Crippen LogP contribution is -2.42. The fourth-order valence-electron chi connectivity index (χ4n) is 5.91. The van der Waals surface area contributed by atoms with Gasteiger partial charge in [0.2, 0.25) is 0 Å². The standard InChI is InChI=1S/C28H32FN3O4/c1-16-7-9-18(13-22(16)29)14-25-30-26-21-10-8-17(2)31(28(35)36-3)23(21)11-12-24(26)32(25)20-6-4-5-19(15-20)27(33)34/h7,9,11-13,17,19-20H,4-6,8,10,14-15H2,1-3H3,(H,33,34)/t17-,19+,20+/m0/s1. The second-order valence-electron chi connectivity index (χ2n) is 10.2. The van der Waals surface area contributed by atoms with Crippen molar-refractivity contribution in [2.75, 3.05) is 12.0 Å². The molecule has 0 radical (unpaired) electrons. The lowest BCUT2D eigenvalue weighted by molar-refractivity contribution is -0.143. The molecule has 8 heteroatoms. The summed E-state index contributed by atoms with van der Waals surface area (Å²) in [5, 5.41) is 9.70. The third kappa shape index (κ3) is 4.22. The van der Waals surface area contributed by atoms with Crippen molar-refractivity contribution in [2.45, 2.75) is 70.9 Å². The summed E-state index contributed by atoms with van der Waals surface area (Å²) >= 11 is 0. The van der Waals surface area contributed by atoms with E-state index in [0.29, 0.717) is 24.8 Å². The number of hydrogen-bond donors (Lipinski definition) is 1. The summed E-state index contributed by atoms with van der Waals surface area (Å²) in [7, 11) is 1.39. The van der Waals surface area contributed by atoms with Gasteiger partial charge in [-0.05, 0) is 75.3 Å². The molecule has 1 aliphatic heterocycles. The van der Waals surface area contributed by atoms with Gasteiger partial charge in [0.05, 0.1) is 29.7 Å². The van der Waals surface area contributed by atoms with Crippen LogP contribution < -0.4 is 4.90 Å². The van der Waals surface area contributed by atoms with Crippen LogP contribution in [0, 0.1) is 18.7 Å². The number of anilines is 1. The van der Waals surface area contributed by atoms with Crippen LogP contribution in [0.4, 0.5) is 14.9 Å². The Hall–Kier alpha value is -3.42. The van der Waals surface area contributed by atoms with Gasteiger partial charge in [-0.25, -0.2) is 14.2 Å². The molecule has 36 heavy (non-hydrogen) atoms. The molecule has 0 bridgehead atoms. The molecule has 1 fully saturated rings. The minimum atomic E-state index is -0.758. The minimum absolute atomic E-state index is 0.00702. The number of rotatable bonds is 4. The third-order valence-electron chi connectivity index (χ3n) is 7.86. The molecule has 2 aliphatic rings. The summed E-state index contributed by atoms with van der Waals surface area (Å²) in [6, 6.07) is 9.18. The van der Waals surface area contributed by atoms with Crippen LogP contribution in [0.5, 0.6) is 0 Å². The van der Waals surface area contributed by atoms with Gasteiger partial charge in [0.25, 0.3) is 0 Å². The number of methoxy groups -OCH3 is 1. The monoisotopic (exact) mass is 493 g/mol. The maximum absolute atomic E-state index is 14.4. The van der Waals surface area contributed by atoms with Crippen molar-refractivity contribution < 1.29 is 23.8 Å². The first-order chi connectivity index (χ1) is 17.3. The van der Waals surface area contributed by atoms with E-state index in [1.165, 1.54) is 7.11 Å². The SMILES string of the molecule is COC(=O)N1c2ccc3c(nc(Cc4ccc(C)c(F)c4)n3[C@@H]3CCC[C@@H](C(=O)O)C3)c2CC[C@@H]1C. The molecule has 7 nitrogen and oxygen atoms in total. The Labute approximate surface area is 209 Å². The Balaban J connectivity index is 1.65. The number of hydrogen-bond acceptors (Lipinski definition) is 4. The highest BCUT2D eigenvalue weighted by Gasteiger charge is 2.34. The van der Waals surface area contributed by atoms with Gasteiger partial charge >= 0.3 is 12.1 Å². The van der Waals surface area contributed by atoms with Gasteiger partial charge in [-0.15, -0.1) is 0 Å². The number of amides is 1. The smallest absolute Gasteiger partial charge is 0.414 e. The van der Waals surface area contributed by atoms with Crippen LogP contribution in [0.25, 0.3) is 11.0 Å². The van der Waals surface area contributed by atoms with Crippen LogP contribution >= 0.6 is 0 Å². The normalized spacial score (nSPS) is 21.9. The van der Waals surface area contributed by atoms with E-state index in [2.05, 4.69) is 4.57 Å². The molecule has 2 aromatic carbocycles. The summed E-state index contributed by atoms with van der Waals surface area (Å²) in [5.74, 6) is -0.606. The Morgan fingerprint density at radius 1 is 1.19 bits per heavy atom. The van der Waals surface area contributed by atoms with Crippen molar-refractivity contribution in [3.8, 4) is 0 Å². The van der Waals surface area contributed by atoms with Gasteiger partial charge in [-0.2, -0.15) is 0 Å². The van der Waals surface area contributed by atoms with Gasteiger partial charge in [-0.1, -0.05) is 18.6 Å². The number of fused-ring (bicyclic) bond motifs is 3. The Bertz CT molecular complexity index is 1330. The third-order valence-corrected chi connectivity index (χ3v) is 7.86. The maximum Gasteiger partial charge on any atom is 0.414 e. The highest BCUT2D eigenvalue weighted by Crippen LogP contribution is 2.41. The fourth-order valence-corrected chi connectivity index (χ4v) is 5.91. The first-order valence-corrected chi connectivity index (χ1v) is 12.7.